The van der Waals surface area contributed by atoms with E-state index in [0.717, 1.165) is 11.8 Å². The molecule has 0 saturated heterocycles. The van der Waals surface area contributed by atoms with Crippen molar-refractivity contribution in [1.29, 1.82) is 5.26 Å². The Bertz CT molecular complexity index is 510. The molecule has 0 aliphatic rings. The first-order valence-electron chi connectivity index (χ1n) is 6.35. The summed E-state index contributed by atoms with van der Waals surface area (Å²) in [6.07, 6.45) is 1.10. The second-order valence-electron chi connectivity index (χ2n) is 6.19. The maximum absolute atomic E-state index is 11.2. The Morgan fingerprint density at radius 1 is 1.37 bits per heavy atom. The summed E-state index contributed by atoms with van der Waals surface area (Å²) in [6.45, 7) is 10.8. The standard InChI is InChI=1S/C15H21NO2Si/c1-15(2,3)19(4,5)18-14-7-6-12(8-9-16)10-13(14)11-17/h6-7,10-11H,8H2,1-5H3. The van der Waals surface area contributed by atoms with Crippen LogP contribution < -0.4 is 4.43 Å². The average molecular weight is 275 g/mol. The van der Waals surface area contributed by atoms with E-state index in [1.165, 1.54) is 0 Å². The monoisotopic (exact) mass is 275 g/mol. The lowest BCUT2D eigenvalue weighted by Crippen LogP contribution is -2.44. The predicted octanol–water partition coefficient (Wildman–Crippen LogP) is 3.95. The van der Waals surface area contributed by atoms with Gasteiger partial charge in [-0.1, -0.05) is 26.8 Å². The fourth-order valence-electron chi connectivity index (χ4n) is 1.41. The lowest BCUT2D eigenvalue weighted by Gasteiger charge is -2.36. The number of aldehydes is 1. The van der Waals surface area contributed by atoms with Crippen LogP contribution in [-0.4, -0.2) is 14.6 Å². The zero-order valence-corrected chi connectivity index (χ0v) is 13.3. The summed E-state index contributed by atoms with van der Waals surface area (Å²) < 4.78 is 6.15. The van der Waals surface area contributed by atoms with Crippen molar-refractivity contribution in [3.63, 3.8) is 0 Å². The number of carbonyl (C=O) groups excluding carboxylic acids is 1. The minimum absolute atomic E-state index is 0.0818. The van der Waals surface area contributed by atoms with E-state index in [9.17, 15) is 4.79 Å². The van der Waals surface area contributed by atoms with Gasteiger partial charge in [0.05, 0.1) is 18.1 Å². The third-order valence-electron chi connectivity index (χ3n) is 3.66. The van der Waals surface area contributed by atoms with Gasteiger partial charge in [-0.3, -0.25) is 4.79 Å². The van der Waals surface area contributed by atoms with E-state index in [2.05, 4.69) is 39.9 Å². The van der Waals surface area contributed by atoms with E-state index in [1.54, 1.807) is 12.1 Å². The highest BCUT2D eigenvalue weighted by molar-refractivity contribution is 6.74. The van der Waals surface area contributed by atoms with Gasteiger partial charge in [-0.25, -0.2) is 0 Å². The fraction of sp³-hybridized carbons (Fsp3) is 0.467. The average Bonchev–Trinajstić information content (AvgIpc) is 2.29. The molecule has 19 heavy (non-hydrogen) atoms. The highest BCUT2D eigenvalue weighted by Gasteiger charge is 2.39. The molecule has 0 fully saturated rings. The number of benzene rings is 1. The molecule has 4 heteroatoms. The Labute approximate surface area is 116 Å². The van der Waals surface area contributed by atoms with Gasteiger partial charge in [0.1, 0.15) is 5.75 Å². The van der Waals surface area contributed by atoms with E-state index in [4.69, 9.17) is 9.69 Å². The first kappa shape index (κ1) is 15.5. The van der Waals surface area contributed by atoms with Gasteiger partial charge < -0.3 is 4.43 Å². The Kier molecular flexibility index (Phi) is 4.54. The normalized spacial score (nSPS) is 11.8. The Morgan fingerprint density at radius 3 is 2.47 bits per heavy atom. The Hall–Kier alpha value is -1.60. The molecule has 0 radical (unpaired) electrons. The largest absolute Gasteiger partial charge is 0.543 e. The van der Waals surface area contributed by atoms with Gasteiger partial charge in [-0.05, 0) is 35.8 Å². The number of rotatable bonds is 4. The minimum Gasteiger partial charge on any atom is -0.543 e. The van der Waals surface area contributed by atoms with Crippen molar-refractivity contribution in [2.75, 3.05) is 0 Å². The van der Waals surface area contributed by atoms with Crippen molar-refractivity contribution >= 4 is 14.6 Å². The maximum atomic E-state index is 11.2. The van der Waals surface area contributed by atoms with Crippen LogP contribution >= 0.6 is 0 Å². The van der Waals surface area contributed by atoms with Crippen molar-refractivity contribution in [3.8, 4) is 11.8 Å². The number of nitrogens with zero attached hydrogens (tertiary/aromatic N) is 1. The number of carbonyl (C=O) groups is 1. The molecule has 0 N–H and O–H groups in total. The van der Waals surface area contributed by atoms with Crippen molar-refractivity contribution in [3.05, 3.63) is 29.3 Å². The van der Waals surface area contributed by atoms with Gasteiger partial charge in [0.2, 0.25) is 0 Å². The fourth-order valence-corrected chi connectivity index (χ4v) is 2.45. The smallest absolute Gasteiger partial charge is 0.250 e. The van der Waals surface area contributed by atoms with E-state index < -0.39 is 8.32 Å². The lowest BCUT2D eigenvalue weighted by molar-refractivity contribution is 0.112. The van der Waals surface area contributed by atoms with Gasteiger partial charge in [0.15, 0.2) is 6.29 Å². The van der Waals surface area contributed by atoms with Crippen molar-refractivity contribution in [2.45, 2.75) is 45.3 Å². The molecule has 0 amide bonds. The molecule has 0 saturated carbocycles. The van der Waals surface area contributed by atoms with Gasteiger partial charge in [0.25, 0.3) is 8.32 Å². The summed E-state index contributed by atoms with van der Waals surface area (Å²) in [5.41, 5.74) is 1.37. The first-order chi connectivity index (χ1) is 8.71. The first-order valence-corrected chi connectivity index (χ1v) is 9.26. The third-order valence-corrected chi connectivity index (χ3v) is 8.00. The topological polar surface area (TPSA) is 50.1 Å². The molecule has 1 aromatic carbocycles. The van der Waals surface area contributed by atoms with Gasteiger partial charge in [-0.2, -0.15) is 5.26 Å². The Balaban J connectivity index is 3.09. The van der Waals surface area contributed by atoms with Crippen LogP contribution in [-0.2, 0) is 6.42 Å². The van der Waals surface area contributed by atoms with Gasteiger partial charge in [0, 0.05) is 0 Å². The summed E-state index contributed by atoms with van der Waals surface area (Å²) in [4.78, 5) is 11.2. The zero-order valence-electron chi connectivity index (χ0n) is 12.3. The van der Waals surface area contributed by atoms with E-state index in [-0.39, 0.29) is 5.04 Å². The lowest BCUT2D eigenvalue weighted by atomic mass is 10.1. The molecule has 0 bridgehead atoms. The number of hydrogen-bond donors (Lipinski definition) is 0. The van der Waals surface area contributed by atoms with E-state index >= 15 is 0 Å². The van der Waals surface area contributed by atoms with Gasteiger partial charge in [-0.15, -0.1) is 0 Å². The second kappa shape index (κ2) is 5.58. The summed E-state index contributed by atoms with van der Waals surface area (Å²) in [6, 6.07) is 7.46. The molecule has 0 aromatic heterocycles. The number of hydrogen-bond acceptors (Lipinski definition) is 3. The predicted molar refractivity (Wildman–Crippen MR) is 79.0 cm³/mol. The molecule has 102 valence electrons. The molecule has 0 aliphatic carbocycles. The molecule has 0 aliphatic heterocycles. The quantitative estimate of drug-likeness (QED) is 0.617. The van der Waals surface area contributed by atoms with Crippen LogP contribution in [0.5, 0.6) is 5.75 Å². The highest BCUT2D eigenvalue weighted by Crippen LogP contribution is 2.38. The molecular formula is C15H21NO2Si. The minimum atomic E-state index is -1.95. The molecule has 1 rings (SSSR count). The van der Waals surface area contributed by atoms with Gasteiger partial charge >= 0.3 is 0 Å². The summed E-state index contributed by atoms with van der Waals surface area (Å²) in [7, 11) is -1.95. The van der Waals surface area contributed by atoms with Crippen LogP contribution in [0.3, 0.4) is 0 Å². The van der Waals surface area contributed by atoms with E-state index in [1.807, 2.05) is 6.07 Å². The van der Waals surface area contributed by atoms with Crippen LogP contribution in [0.15, 0.2) is 18.2 Å². The zero-order chi connectivity index (χ0) is 14.7. The highest BCUT2D eigenvalue weighted by atomic mass is 28.4. The molecular weight excluding hydrogens is 254 g/mol. The molecule has 1 aromatic rings. The second-order valence-corrected chi connectivity index (χ2v) is 10.9. The van der Waals surface area contributed by atoms with Crippen LogP contribution in [0.4, 0.5) is 0 Å². The molecule has 0 unspecified atom stereocenters. The summed E-state index contributed by atoms with van der Waals surface area (Å²) >= 11 is 0. The molecule has 0 atom stereocenters. The number of nitriles is 1. The summed E-state index contributed by atoms with van der Waals surface area (Å²) in [5.74, 6) is 0.628. The SMILES string of the molecule is CC(C)(C)[Si](C)(C)Oc1ccc(CC#N)cc1C=O. The maximum Gasteiger partial charge on any atom is 0.250 e. The Morgan fingerprint density at radius 2 is 2.00 bits per heavy atom. The van der Waals surface area contributed by atoms with Crippen LogP contribution in [0.2, 0.25) is 18.1 Å². The molecule has 0 spiro atoms. The van der Waals surface area contributed by atoms with Crippen molar-refractivity contribution < 1.29 is 9.22 Å². The van der Waals surface area contributed by atoms with Crippen molar-refractivity contribution in [2.24, 2.45) is 0 Å². The molecule has 0 heterocycles. The van der Waals surface area contributed by atoms with Crippen LogP contribution in [0.1, 0.15) is 36.7 Å². The van der Waals surface area contributed by atoms with Crippen LogP contribution in [0.25, 0.3) is 0 Å². The van der Waals surface area contributed by atoms with Crippen LogP contribution in [0, 0.1) is 11.3 Å². The third kappa shape index (κ3) is 3.68. The van der Waals surface area contributed by atoms with E-state index in [0.29, 0.717) is 17.7 Å². The summed E-state index contributed by atoms with van der Waals surface area (Å²) in [5, 5.41) is 8.76. The molecule has 3 nitrogen and oxygen atoms in total. The van der Waals surface area contributed by atoms with Crippen molar-refractivity contribution in [1.82, 2.24) is 0 Å².